The first-order valence-electron chi connectivity index (χ1n) is 9.89. The van der Waals surface area contributed by atoms with Gasteiger partial charge in [0.05, 0.1) is 19.4 Å². The van der Waals surface area contributed by atoms with Gasteiger partial charge in [-0.3, -0.25) is 0 Å². The predicted octanol–water partition coefficient (Wildman–Crippen LogP) is 5.67. The molecule has 1 aliphatic rings. The standard InChI is InChI=1S/C22H38O2Si2/c1-17(2)22(23)16-18(24-26(8,9)21(3,4)5)15-20(22)25(6,7)19-13-11-10-12-14-19/h10-15,17,20,23H,16H2,1-9H3/t20-,22+/m0/s1. The molecule has 0 amide bonds. The summed E-state index contributed by atoms with van der Waals surface area (Å²) in [5.74, 6) is 1.22. The Bertz CT molecular complexity index is 656. The van der Waals surface area contributed by atoms with E-state index in [0.29, 0.717) is 6.42 Å². The Morgan fingerprint density at radius 2 is 1.62 bits per heavy atom. The van der Waals surface area contributed by atoms with E-state index in [1.165, 1.54) is 5.19 Å². The fraction of sp³-hybridized carbons (Fsp3) is 0.636. The lowest BCUT2D eigenvalue weighted by Gasteiger charge is -2.42. The van der Waals surface area contributed by atoms with Crippen molar-refractivity contribution >= 4 is 21.6 Å². The van der Waals surface area contributed by atoms with Crippen molar-refractivity contribution in [2.24, 2.45) is 5.92 Å². The smallest absolute Gasteiger partial charge is 0.250 e. The molecule has 1 N–H and O–H groups in total. The van der Waals surface area contributed by atoms with Gasteiger partial charge in [-0.25, -0.2) is 0 Å². The number of benzene rings is 1. The fourth-order valence-electron chi connectivity index (χ4n) is 3.77. The van der Waals surface area contributed by atoms with Crippen molar-refractivity contribution in [1.29, 1.82) is 0 Å². The summed E-state index contributed by atoms with van der Waals surface area (Å²) in [5.41, 5.74) is -0.555. The van der Waals surface area contributed by atoms with Crippen molar-refractivity contribution in [3.05, 3.63) is 42.2 Å². The average molecular weight is 391 g/mol. The minimum absolute atomic E-state index is 0.161. The van der Waals surface area contributed by atoms with Crippen LogP contribution in [0.4, 0.5) is 0 Å². The molecule has 0 bridgehead atoms. The molecule has 0 heterocycles. The molecular formula is C22H38O2Si2. The largest absolute Gasteiger partial charge is 0.547 e. The average Bonchev–Trinajstić information content (AvgIpc) is 2.85. The van der Waals surface area contributed by atoms with Gasteiger partial charge < -0.3 is 9.53 Å². The SMILES string of the molecule is CC(C)[C@]1(O)CC(O[Si](C)(C)C(C)(C)C)=C[C@@H]1[Si](C)(C)c1ccccc1. The Balaban J connectivity index is 2.43. The van der Waals surface area contributed by atoms with Gasteiger partial charge in [-0.05, 0) is 30.1 Å². The first-order chi connectivity index (χ1) is 11.7. The minimum atomic E-state index is -1.90. The molecule has 0 aromatic heterocycles. The fourth-order valence-corrected chi connectivity index (χ4v) is 8.57. The molecule has 1 aromatic rings. The van der Waals surface area contributed by atoms with Crippen molar-refractivity contribution < 1.29 is 9.53 Å². The Kier molecular flexibility index (Phi) is 5.74. The van der Waals surface area contributed by atoms with Gasteiger partial charge in [-0.2, -0.15) is 0 Å². The van der Waals surface area contributed by atoms with Crippen LogP contribution in [0.2, 0.25) is 36.8 Å². The van der Waals surface area contributed by atoms with Crippen molar-refractivity contribution in [3.8, 4) is 0 Å². The lowest BCUT2D eigenvalue weighted by Crippen LogP contribution is -2.54. The van der Waals surface area contributed by atoms with E-state index < -0.39 is 22.0 Å². The highest BCUT2D eigenvalue weighted by Crippen LogP contribution is 2.50. The first kappa shape index (κ1) is 21.5. The van der Waals surface area contributed by atoms with Crippen molar-refractivity contribution in [2.45, 2.75) is 83.4 Å². The Labute approximate surface area is 162 Å². The van der Waals surface area contributed by atoms with Crippen molar-refractivity contribution in [3.63, 3.8) is 0 Å². The second-order valence-electron chi connectivity index (χ2n) is 10.4. The molecular weight excluding hydrogens is 352 g/mol. The highest BCUT2D eigenvalue weighted by atomic mass is 28.4. The number of hydrogen-bond donors (Lipinski definition) is 1. The van der Waals surface area contributed by atoms with Crippen LogP contribution in [0.25, 0.3) is 0 Å². The summed E-state index contributed by atoms with van der Waals surface area (Å²) in [7, 11) is -3.80. The summed E-state index contributed by atoms with van der Waals surface area (Å²) in [6, 6.07) is 10.8. The van der Waals surface area contributed by atoms with Gasteiger partial charge in [0.25, 0.3) is 0 Å². The van der Waals surface area contributed by atoms with Crippen LogP contribution in [-0.4, -0.2) is 27.1 Å². The molecule has 0 unspecified atom stereocenters. The normalized spacial score (nSPS) is 24.7. The maximum Gasteiger partial charge on any atom is 0.250 e. The van der Waals surface area contributed by atoms with Gasteiger partial charge in [0.2, 0.25) is 8.32 Å². The summed E-state index contributed by atoms with van der Waals surface area (Å²) in [6.07, 6.45) is 2.94. The van der Waals surface area contributed by atoms with E-state index in [-0.39, 0.29) is 16.5 Å². The molecule has 1 aromatic carbocycles. The molecule has 0 fully saturated rings. The van der Waals surface area contributed by atoms with Gasteiger partial charge in [-0.1, -0.05) is 83.2 Å². The quantitative estimate of drug-likeness (QED) is 0.656. The molecule has 1 aliphatic carbocycles. The van der Waals surface area contributed by atoms with Gasteiger partial charge in [0.1, 0.15) is 0 Å². The molecule has 146 valence electrons. The van der Waals surface area contributed by atoms with Crippen LogP contribution >= 0.6 is 0 Å². The molecule has 0 saturated carbocycles. The molecule has 2 rings (SSSR count). The molecule has 4 heteroatoms. The van der Waals surface area contributed by atoms with E-state index in [1.54, 1.807) is 0 Å². The van der Waals surface area contributed by atoms with E-state index in [9.17, 15) is 5.11 Å². The zero-order valence-electron chi connectivity index (χ0n) is 18.2. The molecule has 2 nitrogen and oxygen atoms in total. The van der Waals surface area contributed by atoms with Crippen LogP contribution in [0.3, 0.4) is 0 Å². The van der Waals surface area contributed by atoms with Gasteiger partial charge in [0.15, 0.2) is 0 Å². The molecule has 0 saturated heterocycles. The zero-order chi connectivity index (χ0) is 20.0. The molecule has 26 heavy (non-hydrogen) atoms. The maximum atomic E-state index is 11.7. The lowest BCUT2D eigenvalue weighted by atomic mass is 9.87. The van der Waals surface area contributed by atoms with Gasteiger partial charge in [-0.15, -0.1) is 0 Å². The Morgan fingerprint density at radius 3 is 2.08 bits per heavy atom. The van der Waals surface area contributed by atoms with E-state index in [2.05, 4.69) is 97.2 Å². The third kappa shape index (κ3) is 3.87. The summed E-state index contributed by atoms with van der Waals surface area (Å²) < 4.78 is 6.63. The van der Waals surface area contributed by atoms with Crippen LogP contribution < -0.4 is 5.19 Å². The summed E-state index contributed by atoms with van der Waals surface area (Å²) >= 11 is 0. The third-order valence-electron chi connectivity index (χ3n) is 6.84. The topological polar surface area (TPSA) is 29.5 Å². The third-order valence-corrected chi connectivity index (χ3v) is 15.3. The summed E-state index contributed by atoms with van der Waals surface area (Å²) in [5, 5.41) is 13.3. The van der Waals surface area contributed by atoms with Crippen molar-refractivity contribution in [2.75, 3.05) is 0 Å². The second kappa shape index (κ2) is 6.95. The van der Waals surface area contributed by atoms with Crippen LogP contribution in [0.1, 0.15) is 41.0 Å². The maximum absolute atomic E-state index is 11.7. The predicted molar refractivity (Wildman–Crippen MR) is 118 cm³/mol. The van der Waals surface area contributed by atoms with Crippen LogP contribution in [-0.2, 0) is 4.43 Å². The number of hydrogen-bond acceptors (Lipinski definition) is 2. The van der Waals surface area contributed by atoms with E-state index in [1.807, 2.05) is 0 Å². The number of aliphatic hydroxyl groups is 1. The molecule has 0 spiro atoms. The monoisotopic (exact) mass is 390 g/mol. The Morgan fingerprint density at radius 1 is 1.08 bits per heavy atom. The Hall–Kier alpha value is -0.846. The molecule has 2 atom stereocenters. The van der Waals surface area contributed by atoms with Crippen LogP contribution in [0.15, 0.2) is 42.2 Å². The molecule has 0 radical (unpaired) electrons. The van der Waals surface area contributed by atoms with E-state index in [4.69, 9.17) is 4.43 Å². The van der Waals surface area contributed by atoms with E-state index >= 15 is 0 Å². The lowest BCUT2D eigenvalue weighted by molar-refractivity contribution is 0.000457. The molecule has 0 aliphatic heterocycles. The highest BCUT2D eigenvalue weighted by Gasteiger charge is 2.53. The highest BCUT2D eigenvalue weighted by molar-refractivity contribution is 6.91. The summed E-state index contributed by atoms with van der Waals surface area (Å²) in [6.45, 7) is 20.4. The van der Waals surface area contributed by atoms with Gasteiger partial charge >= 0.3 is 0 Å². The second-order valence-corrected chi connectivity index (χ2v) is 19.8. The van der Waals surface area contributed by atoms with Crippen molar-refractivity contribution in [1.82, 2.24) is 0 Å². The van der Waals surface area contributed by atoms with Crippen LogP contribution in [0.5, 0.6) is 0 Å². The minimum Gasteiger partial charge on any atom is -0.547 e. The zero-order valence-corrected chi connectivity index (χ0v) is 20.2. The number of rotatable bonds is 5. The van der Waals surface area contributed by atoms with Gasteiger partial charge in [0, 0.05) is 12.0 Å². The van der Waals surface area contributed by atoms with Crippen LogP contribution in [0, 0.1) is 5.92 Å². The van der Waals surface area contributed by atoms with E-state index in [0.717, 1.165) is 5.76 Å². The summed E-state index contributed by atoms with van der Waals surface area (Å²) in [4.78, 5) is 0. The first-order valence-corrected chi connectivity index (χ1v) is 15.9.